The van der Waals surface area contributed by atoms with Crippen molar-refractivity contribution in [3.05, 3.63) is 53.0 Å². The second-order valence-electron chi connectivity index (χ2n) is 10.5. The molecule has 0 bridgehead atoms. The summed E-state index contributed by atoms with van der Waals surface area (Å²) < 4.78 is 44.5. The Morgan fingerprint density at radius 2 is 2.03 bits per heavy atom. The van der Waals surface area contributed by atoms with E-state index in [2.05, 4.69) is 15.3 Å². The minimum atomic E-state index is -4.20. The molecule has 4 aliphatic rings. The highest BCUT2D eigenvalue weighted by Gasteiger charge is 2.75. The molecule has 0 N–H and O–H groups in total. The molecule has 182 valence electrons. The summed E-state index contributed by atoms with van der Waals surface area (Å²) in [4.78, 5) is 12.2. The normalized spacial score (nSPS) is 30.1. The average Bonchev–Trinajstić information content (AvgIpc) is 3.14. The first-order chi connectivity index (χ1) is 16.8. The Labute approximate surface area is 205 Å². The zero-order valence-corrected chi connectivity index (χ0v) is 20.1. The summed E-state index contributed by atoms with van der Waals surface area (Å²) in [6.07, 6.45) is -2.04. The first-order valence-corrected chi connectivity index (χ1v) is 12.9. The van der Waals surface area contributed by atoms with Crippen molar-refractivity contribution in [3.8, 4) is 0 Å². The number of anilines is 1. The topological polar surface area (TPSA) is 59.2 Å². The van der Waals surface area contributed by atoms with Gasteiger partial charge in [0.05, 0.1) is 12.1 Å². The zero-order valence-electron chi connectivity index (χ0n) is 19.3. The van der Waals surface area contributed by atoms with Crippen LogP contribution in [0.3, 0.4) is 0 Å². The Morgan fingerprint density at radius 1 is 1.20 bits per heavy atom. The summed E-state index contributed by atoms with van der Waals surface area (Å²) in [5, 5.41) is 5.95. The number of hydrogen-bond acceptors (Lipinski definition) is 6. The Hall–Kier alpha value is -2.75. The van der Waals surface area contributed by atoms with Crippen LogP contribution in [0.1, 0.15) is 47.8 Å². The Bertz CT molecular complexity index is 1330. The van der Waals surface area contributed by atoms with Crippen molar-refractivity contribution in [2.75, 3.05) is 18.0 Å². The van der Waals surface area contributed by atoms with Crippen LogP contribution in [0.4, 0.5) is 24.1 Å². The van der Waals surface area contributed by atoms with E-state index in [4.69, 9.17) is 15.1 Å². The maximum absolute atomic E-state index is 12.7. The molecule has 0 radical (unpaired) electrons. The summed E-state index contributed by atoms with van der Waals surface area (Å²) in [5.74, 6) is 2.44. The molecule has 2 aliphatic carbocycles. The molecule has 10 heteroatoms. The second-order valence-corrected chi connectivity index (χ2v) is 11.3. The molecule has 6 nitrogen and oxygen atoms in total. The van der Waals surface area contributed by atoms with E-state index in [1.807, 2.05) is 11.6 Å². The SMILES string of the molecule is Cc1cc(N2C[C@H]3/C(=N/c4nc5n(n4)CCCC5c4ccc(CC(F)(F)F)cc4)[C@@H]4CC34C2)sn1. The van der Waals surface area contributed by atoms with Crippen LogP contribution in [0.15, 0.2) is 35.3 Å². The number of alkyl halides is 3. The van der Waals surface area contributed by atoms with Crippen LogP contribution in [0.2, 0.25) is 0 Å². The summed E-state index contributed by atoms with van der Waals surface area (Å²) in [6.45, 7) is 4.90. The van der Waals surface area contributed by atoms with Gasteiger partial charge in [-0.3, -0.25) is 0 Å². The van der Waals surface area contributed by atoms with Crippen LogP contribution in [0.25, 0.3) is 0 Å². The standard InChI is InChI=1S/C25H25F3N6S/c1-14-9-20(35-32-14)33-12-19-21(18-11-24(18,19)13-33)29-23-30-22-17(3-2-8-34(22)31-23)16-6-4-15(5-7-16)10-25(26,27)28/h4-7,9,17-19H,2-3,8,10-13H2,1H3/b29-21+/t17?,18-,19-,24?/m0/s1. The molecule has 3 aromatic rings. The van der Waals surface area contributed by atoms with E-state index in [0.29, 0.717) is 23.2 Å². The maximum Gasteiger partial charge on any atom is 0.393 e. The lowest BCUT2D eigenvalue weighted by Gasteiger charge is -2.30. The average molecular weight is 499 g/mol. The molecule has 7 rings (SSSR count). The van der Waals surface area contributed by atoms with Crippen molar-refractivity contribution < 1.29 is 13.2 Å². The van der Waals surface area contributed by atoms with Crippen LogP contribution in [0, 0.1) is 24.2 Å². The molecule has 2 saturated carbocycles. The number of halogens is 3. The van der Waals surface area contributed by atoms with Crippen molar-refractivity contribution in [2.24, 2.45) is 22.2 Å². The summed E-state index contributed by atoms with van der Waals surface area (Å²) in [7, 11) is 0. The zero-order chi connectivity index (χ0) is 23.9. The fraction of sp³-hybridized carbons (Fsp3) is 0.520. The van der Waals surface area contributed by atoms with Crippen molar-refractivity contribution in [1.82, 2.24) is 19.1 Å². The predicted octanol–water partition coefficient (Wildman–Crippen LogP) is 5.30. The van der Waals surface area contributed by atoms with E-state index in [1.165, 1.54) is 17.1 Å². The first kappa shape index (κ1) is 21.5. The Kier molecular flexibility index (Phi) is 4.54. The summed E-state index contributed by atoms with van der Waals surface area (Å²) >= 11 is 1.57. The smallest absolute Gasteiger partial charge is 0.361 e. The third kappa shape index (κ3) is 3.51. The number of nitrogens with zero attached hydrogens (tertiary/aromatic N) is 6. The molecule has 4 atom stereocenters. The van der Waals surface area contributed by atoms with Gasteiger partial charge < -0.3 is 4.90 Å². The molecule has 4 heterocycles. The van der Waals surface area contributed by atoms with Crippen LogP contribution >= 0.6 is 11.5 Å². The van der Waals surface area contributed by atoms with E-state index in [-0.39, 0.29) is 11.5 Å². The van der Waals surface area contributed by atoms with Gasteiger partial charge >= 0.3 is 6.18 Å². The number of hydrogen-bond donors (Lipinski definition) is 0. The number of rotatable bonds is 4. The highest BCUT2D eigenvalue weighted by Crippen LogP contribution is 2.72. The monoisotopic (exact) mass is 498 g/mol. The van der Waals surface area contributed by atoms with Crippen molar-refractivity contribution in [1.29, 1.82) is 0 Å². The van der Waals surface area contributed by atoms with Gasteiger partial charge in [-0.15, -0.1) is 5.10 Å². The lowest BCUT2D eigenvalue weighted by atomic mass is 9.74. The maximum atomic E-state index is 12.7. The van der Waals surface area contributed by atoms with E-state index in [1.54, 1.807) is 35.8 Å². The highest BCUT2D eigenvalue weighted by molar-refractivity contribution is 7.10. The van der Waals surface area contributed by atoms with Gasteiger partial charge in [-0.2, -0.15) is 22.5 Å². The minimum Gasteiger partial charge on any atom is -0.361 e. The lowest BCUT2D eigenvalue weighted by Crippen LogP contribution is -2.38. The molecule has 2 aliphatic heterocycles. The summed E-state index contributed by atoms with van der Waals surface area (Å²) in [6, 6.07) is 8.94. The second kappa shape index (κ2) is 7.38. The molecule has 3 fully saturated rings. The fourth-order valence-corrected chi connectivity index (χ4v) is 7.25. The van der Waals surface area contributed by atoms with Gasteiger partial charge in [-0.05, 0) is 54.9 Å². The predicted molar refractivity (Wildman–Crippen MR) is 127 cm³/mol. The van der Waals surface area contributed by atoms with Gasteiger partial charge in [-0.1, -0.05) is 24.3 Å². The highest BCUT2D eigenvalue weighted by atomic mass is 32.1. The van der Waals surface area contributed by atoms with Gasteiger partial charge in [0.25, 0.3) is 5.95 Å². The lowest BCUT2D eigenvalue weighted by molar-refractivity contribution is -0.127. The molecule has 35 heavy (non-hydrogen) atoms. The number of fused-ring (bicyclic) bond motifs is 1. The van der Waals surface area contributed by atoms with Crippen molar-refractivity contribution >= 4 is 28.2 Å². The summed E-state index contributed by atoms with van der Waals surface area (Å²) in [5.41, 5.74) is 3.96. The van der Waals surface area contributed by atoms with E-state index < -0.39 is 12.6 Å². The first-order valence-electron chi connectivity index (χ1n) is 12.2. The van der Waals surface area contributed by atoms with Crippen LogP contribution in [-0.4, -0.2) is 44.1 Å². The molecular weight excluding hydrogens is 473 g/mol. The Balaban J connectivity index is 1.11. The van der Waals surface area contributed by atoms with Gasteiger partial charge in [-0.25, -0.2) is 9.67 Å². The van der Waals surface area contributed by atoms with Crippen LogP contribution in [-0.2, 0) is 13.0 Å². The molecule has 2 aromatic heterocycles. The quantitative estimate of drug-likeness (QED) is 0.490. The van der Waals surface area contributed by atoms with Crippen molar-refractivity contribution in [2.45, 2.75) is 51.2 Å². The number of benzene rings is 1. The number of aromatic nitrogens is 4. The third-order valence-corrected chi connectivity index (χ3v) is 9.16. The van der Waals surface area contributed by atoms with E-state index in [0.717, 1.165) is 49.6 Å². The molecule has 1 saturated heterocycles. The largest absolute Gasteiger partial charge is 0.393 e. The van der Waals surface area contributed by atoms with Crippen LogP contribution < -0.4 is 4.90 Å². The Morgan fingerprint density at radius 3 is 2.77 bits per heavy atom. The molecule has 1 spiro atoms. The van der Waals surface area contributed by atoms with Gasteiger partial charge in [0.2, 0.25) is 0 Å². The number of aryl methyl sites for hydroxylation is 2. The van der Waals surface area contributed by atoms with Crippen LogP contribution in [0.5, 0.6) is 0 Å². The number of aliphatic imine (C=N–C) groups is 1. The third-order valence-electron chi connectivity index (χ3n) is 8.22. The van der Waals surface area contributed by atoms with Crippen molar-refractivity contribution in [3.63, 3.8) is 0 Å². The van der Waals surface area contributed by atoms with E-state index in [9.17, 15) is 13.2 Å². The van der Waals surface area contributed by atoms with E-state index >= 15 is 0 Å². The van der Waals surface area contributed by atoms with Gasteiger partial charge in [0.1, 0.15) is 10.8 Å². The molecule has 0 amide bonds. The minimum absolute atomic E-state index is 0.0306. The molecule has 1 aromatic carbocycles. The molecule has 2 unspecified atom stereocenters. The van der Waals surface area contributed by atoms with Gasteiger partial charge in [0.15, 0.2) is 0 Å². The fourth-order valence-electron chi connectivity index (χ4n) is 6.49. The molecular formula is C25H25F3N6S. The van der Waals surface area contributed by atoms with Gasteiger partial charge in [0, 0.05) is 48.5 Å².